The zero-order valence-electron chi connectivity index (χ0n) is 24.9. The van der Waals surface area contributed by atoms with Crippen molar-refractivity contribution in [1.29, 1.82) is 0 Å². The Bertz CT molecular complexity index is 1810. The number of amidine groups is 1. The molecule has 8 nitrogen and oxygen atoms in total. The van der Waals surface area contributed by atoms with Crippen LogP contribution in [0.4, 0.5) is 0 Å². The Morgan fingerprint density at radius 1 is 1.09 bits per heavy atom. The second kappa shape index (κ2) is 12.6. The molecule has 1 saturated carbocycles. The maximum atomic E-state index is 13.2. The van der Waals surface area contributed by atoms with Crippen molar-refractivity contribution in [2.75, 3.05) is 20.1 Å². The van der Waals surface area contributed by atoms with Crippen LogP contribution >= 0.6 is 0 Å². The van der Waals surface area contributed by atoms with Crippen LogP contribution in [0.3, 0.4) is 0 Å². The number of carboxylic acid groups (broad SMARTS) is 1. The van der Waals surface area contributed by atoms with Crippen LogP contribution < -0.4 is 11.1 Å². The van der Waals surface area contributed by atoms with Crippen LogP contribution in [0.1, 0.15) is 64.2 Å². The molecule has 1 aromatic heterocycles. The number of fused-ring (bicyclic) bond motifs is 5. The number of aromatic nitrogens is 1. The fourth-order valence-electron chi connectivity index (χ4n) is 6.12. The first kappa shape index (κ1) is 29.0. The van der Waals surface area contributed by atoms with Crippen molar-refractivity contribution in [2.45, 2.75) is 38.1 Å². The summed E-state index contributed by atoms with van der Waals surface area (Å²) >= 11 is 0. The first-order valence-corrected chi connectivity index (χ1v) is 15.2. The van der Waals surface area contributed by atoms with Gasteiger partial charge in [-0.1, -0.05) is 67.1 Å². The Kier molecular flexibility index (Phi) is 8.32. The van der Waals surface area contributed by atoms with Crippen molar-refractivity contribution >= 4 is 40.8 Å². The Balaban J connectivity index is 1.12. The number of carbonyl (C=O) groups is 2. The third-order valence-corrected chi connectivity index (χ3v) is 8.50. The minimum atomic E-state index is -1.01. The SMILES string of the molecule is CN(CCCNC(=O)c1ccc2c(C3CCC3)c3n(c2c1)CC=Cc1ccccc1-3)N=C(N)c1cccc(/C=C/C(=O)O)c1. The normalized spacial score (nSPS) is 14.6. The van der Waals surface area contributed by atoms with E-state index in [4.69, 9.17) is 10.8 Å². The first-order chi connectivity index (χ1) is 21.4. The number of benzene rings is 3. The third-order valence-electron chi connectivity index (χ3n) is 8.50. The maximum absolute atomic E-state index is 13.2. The highest BCUT2D eigenvalue weighted by molar-refractivity contribution is 6.01. The molecule has 6 rings (SSSR count). The average Bonchev–Trinajstić information content (AvgIpc) is 3.17. The molecular formula is C36H37N5O3. The summed E-state index contributed by atoms with van der Waals surface area (Å²) in [6.45, 7) is 1.88. The molecule has 0 spiro atoms. The van der Waals surface area contributed by atoms with Gasteiger partial charge >= 0.3 is 5.97 Å². The van der Waals surface area contributed by atoms with E-state index in [1.807, 2.05) is 19.2 Å². The van der Waals surface area contributed by atoms with E-state index in [0.29, 0.717) is 42.4 Å². The monoisotopic (exact) mass is 587 g/mol. The molecule has 1 fully saturated rings. The summed E-state index contributed by atoms with van der Waals surface area (Å²) in [6.07, 6.45) is 11.4. The van der Waals surface area contributed by atoms with Gasteiger partial charge in [0.25, 0.3) is 5.91 Å². The molecule has 0 bridgehead atoms. The number of carbonyl (C=O) groups excluding carboxylic acids is 1. The van der Waals surface area contributed by atoms with Gasteiger partial charge in [0.1, 0.15) is 0 Å². The number of allylic oxidation sites excluding steroid dienone is 1. The van der Waals surface area contributed by atoms with Gasteiger partial charge in [-0.3, -0.25) is 9.80 Å². The number of hydrazone groups is 1. The zero-order chi connectivity index (χ0) is 30.6. The maximum Gasteiger partial charge on any atom is 0.328 e. The molecule has 44 heavy (non-hydrogen) atoms. The predicted molar refractivity (Wildman–Crippen MR) is 176 cm³/mol. The molecule has 0 atom stereocenters. The number of carboxylic acids is 1. The Labute approximate surface area is 257 Å². The van der Waals surface area contributed by atoms with Gasteiger partial charge in [0.2, 0.25) is 0 Å². The lowest BCUT2D eigenvalue weighted by molar-refractivity contribution is -0.131. The summed E-state index contributed by atoms with van der Waals surface area (Å²) in [5.74, 6) is -0.203. The molecule has 0 saturated heterocycles. The van der Waals surface area contributed by atoms with Crippen LogP contribution in [0.5, 0.6) is 0 Å². The highest BCUT2D eigenvalue weighted by Crippen LogP contribution is 2.47. The lowest BCUT2D eigenvalue weighted by atomic mass is 9.77. The van der Waals surface area contributed by atoms with Gasteiger partial charge in [-0.2, -0.15) is 5.10 Å². The van der Waals surface area contributed by atoms with E-state index in [-0.39, 0.29) is 5.91 Å². The predicted octanol–water partition coefficient (Wildman–Crippen LogP) is 6.07. The molecule has 8 heteroatoms. The first-order valence-electron chi connectivity index (χ1n) is 15.2. The molecule has 2 heterocycles. The van der Waals surface area contributed by atoms with Crippen LogP contribution in [0.15, 0.2) is 84.0 Å². The van der Waals surface area contributed by atoms with E-state index in [1.165, 1.54) is 53.1 Å². The van der Waals surface area contributed by atoms with Gasteiger partial charge in [0, 0.05) is 60.4 Å². The van der Waals surface area contributed by atoms with Crippen molar-refractivity contribution < 1.29 is 14.7 Å². The number of rotatable bonds is 10. The number of hydrogen-bond acceptors (Lipinski definition) is 4. The van der Waals surface area contributed by atoms with Crippen molar-refractivity contribution in [3.63, 3.8) is 0 Å². The number of hydrogen-bond donors (Lipinski definition) is 3. The second-order valence-electron chi connectivity index (χ2n) is 11.5. The van der Waals surface area contributed by atoms with Crippen LogP contribution in [0, 0.1) is 0 Å². The van der Waals surface area contributed by atoms with Gasteiger partial charge < -0.3 is 20.7 Å². The lowest BCUT2D eigenvalue weighted by Crippen LogP contribution is -2.28. The number of nitrogens with zero attached hydrogens (tertiary/aromatic N) is 3. The van der Waals surface area contributed by atoms with E-state index < -0.39 is 5.97 Å². The van der Waals surface area contributed by atoms with Gasteiger partial charge in [0.05, 0.1) is 5.69 Å². The second-order valence-corrected chi connectivity index (χ2v) is 11.5. The standard InChI is InChI=1S/C36H37N5O3/c1-40(39-35(37)27-12-4-8-24(22-27)15-18-32(42)43)20-7-19-38-36(44)28-16-17-30-31(23-28)41-21-6-13-25-9-2-3-14-29(25)34(41)33(30)26-10-5-11-26/h2-4,6,8-9,12-18,22-23,26H,5,7,10-11,19-21H2,1H3,(H2,37,39)(H,38,44)(H,42,43)/b18-15+. The molecule has 2 aliphatic rings. The van der Waals surface area contributed by atoms with Gasteiger partial charge in [-0.25, -0.2) is 4.79 Å². The fourth-order valence-corrected chi connectivity index (χ4v) is 6.12. The summed E-state index contributed by atoms with van der Waals surface area (Å²) in [5, 5.41) is 19.4. The third kappa shape index (κ3) is 6.01. The van der Waals surface area contributed by atoms with Crippen LogP contribution in [-0.4, -0.2) is 52.5 Å². The summed E-state index contributed by atoms with van der Waals surface area (Å²) < 4.78 is 2.39. The van der Waals surface area contributed by atoms with E-state index in [9.17, 15) is 9.59 Å². The highest BCUT2D eigenvalue weighted by Gasteiger charge is 2.30. The summed E-state index contributed by atoms with van der Waals surface area (Å²) in [5.41, 5.74) is 14.6. The molecule has 0 unspecified atom stereocenters. The molecule has 1 amide bonds. The van der Waals surface area contributed by atoms with Crippen LogP contribution in [-0.2, 0) is 11.3 Å². The Morgan fingerprint density at radius 2 is 1.93 bits per heavy atom. The summed E-state index contributed by atoms with van der Waals surface area (Å²) in [6, 6.07) is 22.0. The lowest BCUT2D eigenvalue weighted by Gasteiger charge is -2.27. The topological polar surface area (TPSA) is 113 Å². The quantitative estimate of drug-likeness (QED) is 0.0685. The van der Waals surface area contributed by atoms with Gasteiger partial charge in [-0.15, -0.1) is 0 Å². The molecule has 4 aromatic rings. The molecule has 3 aromatic carbocycles. The fraction of sp³-hybridized carbons (Fsp3) is 0.250. The molecule has 0 radical (unpaired) electrons. The minimum Gasteiger partial charge on any atom is -0.478 e. The van der Waals surface area contributed by atoms with E-state index in [2.05, 4.69) is 63.5 Å². The van der Waals surface area contributed by atoms with Crippen LogP contribution in [0.2, 0.25) is 0 Å². The van der Waals surface area contributed by atoms with Crippen molar-refractivity contribution in [3.05, 3.63) is 107 Å². The number of aliphatic carboxylic acids is 1. The number of amides is 1. The van der Waals surface area contributed by atoms with Crippen LogP contribution in [0.25, 0.3) is 34.3 Å². The number of nitrogens with two attached hydrogens (primary N) is 1. The van der Waals surface area contributed by atoms with E-state index >= 15 is 0 Å². The molecule has 4 N–H and O–H groups in total. The smallest absolute Gasteiger partial charge is 0.328 e. The van der Waals surface area contributed by atoms with Crippen molar-refractivity contribution in [3.8, 4) is 11.3 Å². The Morgan fingerprint density at radius 3 is 2.73 bits per heavy atom. The molecule has 1 aliphatic heterocycles. The minimum absolute atomic E-state index is 0.0888. The van der Waals surface area contributed by atoms with E-state index in [0.717, 1.165) is 23.7 Å². The van der Waals surface area contributed by atoms with Crippen molar-refractivity contribution in [2.24, 2.45) is 10.8 Å². The average molecular weight is 588 g/mol. The summed E-state index contributed by atoms with van der Waals surface area (Å²) in [4.78, 5) is 24.0. The van der Waals surface area contributed by atoms with Crippen molar-refractivity contribution in [1.82, 2.24) is 14.9 Å². The Hall–Kier alpha value is -5.11. The zero-order valence-corrected chi connectivity index (χ0v) is 24.9. The van der Waals surface area contributed by atoms with Gasteiger partial charge in [-0.05, 0) is 66.1 Å². The largest absolute Gasteiger partial charge is 0.478 e. The van der Waals surface area contributed by atoms with E-state index in [1.54, 1.807) is 23.2 Å². The van der Waals surface area contributed by atoms with Gasteiger partial charge in [0.15, 0.2) is 5.84 Å². The summed E-state index contributed by atoms with van der Waals surface area (Å²) in [7, 11) is 1.83. The molecule has 1 aliphatic carbocycles. The number of nitrogens with one attached hydrogen (secondary N) is 1. The molecule has 224 valence electrons. The highest BCUT2D eigenvalue weighted by atomic mass is 16.4. The molecular weight excluding hydrogens is 550 g/mol.